The third-order valence-corrected chi connectivity index (χ3v) is 6.03. The van der Waals surface area contributed by atoms with Crippen molar-refractivity contribution in [1.29, 1.82) is 0 Å². The van der Waals surface area contributed by atoms with Crippen molar-refractivity contribution < 1.29 is 19.1 Å². The molecule has 1 aromatic rings. The van der Waals surface area contributed by atoms with E-state index in [0.29, 0.717) is 29.3 Å². The molecule has 1 saturated carbocycles. The van der Waals surface area contributed by atoms with Crippen LogP contribution in [0.2, 0.25) is 5.02 Å². The fourth-order valence-electron chi connectivity index (χ4n) is 4.44. The number of allylic oxidation sites excluding steroid dienone is 1. The molecule has 2 aliphatic heterocycles. The first-order valence-corrected chi connectivity index (χ1v) is 10.3. The van der Waals surface area contributed by atoms with Gasteiger partial charge in [-0.3, -0.25) is 9.79 Å². The smallest absolute Gasteiger partial charge is 0.336 e. The molecule has 2 heterocycles. The van der Waals surface area contributed by atoms with Crippen molar-refractivity contribution in [1.82, 2.24) is 0 Å². The van der Waals surface area contributed by atoms with Gasteiger partial charge in [-0.2, -0.15) is 0 Å². The highest BCUT2D eigenvalue weighted by atomic mass is 35.5. The average Bonchev–Trinajstić information content (AvgIpc) is 3.19. The van der Waals surface area contributed by atoms with E-state index in [4.69, 9.17) is 21.1 Å². The first-order valence-electron chi connectivity index (χ1n) is 9.89. The van der Waals surface area contributed by atoms with Crippen molar-refractivity contribution in [3.05, 3.63) is 46.1 Å². The van der Waals surface area contributed by atoms with Crippen molar-refractivity contribution in [2.24, 2.45) is 10.9 Å². The van der Waals surface area contributed by atoms with Crippen LogP contribution in [0.5, 0.6) is 0 Å². The van der Waals surface area contributed by atoms with E-state index in [1.807, 2.05) is 19.1 Å². The Morgan fingerprint density at radius 1 is 1.21 bits per heavy atom. The summed E-state index contributed by atoms with van der Waals surface area (Å²) in [6, 6.07) is 7.36. The Kier molecular flexibility index (Phi) is 5.65. The molecule has 0 aromatic heterocycles. The van der Waals surface area contributed by atoms with Crippen LogP contribution in [0.3, 0.4) is 0 Å². The molecule has 1 aromatic carbocycles. The van der Waals surface area contributed by atoms with Gasteiger partial charge in [0.15, 0.2) is 0 Å². The summed E-state index contributed by atoms with van der Waals surface area (Å²) in [5.74, 6) is -1.05. The SMILES string of the molecule is CC1=C(C(=O)OC[C@@H]2CCCO2)[C@@H](c2ccc(Cl)cc2)[C@@H]2C(=O)CCCC2=N1. The van der Waals surface area contributed by atoms with Crippen LogP contribution in [0.25, 0.3) is 0 Å². The number of aliphatic imine (C=N–C) groups is 1. The van der Waals surface area contributed by atoms with Crippen LogP contribution in [0, 0.1) is 5.92 Å². The third-order valence-electron chi connectivity index (χ3n) is 5.78. The normalized spacial score (nSPS) is 27.4. The first kappa shape index (κ1) is 19.3. The molecule has 3 aliphatic rings. The lowest BCUT2D eigenvalue weighted by molar-refractivity contribution is -0.142. The molecule has 0 amide bonds. The number of carbonyl (C=O) groups excluding carboxylic acids is 2. The Morgan fingerprint density at radius 2 is 2.00 bits per heavy atom. The molecule has 0 bridgehead atoms. The number of hydrogen-bond acceptors (Lipinski definition) is 5. The highest BCUT2D eigenvalue weighted by Gasteiger charge is 2.43. The average molecular weight is 402 g/mol. The van der Waals surface area contributed by atoms with E-state index in [1.54, 1.807) is 12.1 Å². The van der Waals surface area contributed by atoms with E-state index in [0.717, 1.165) is 37.0 Å². The molecule has 28 heavy (non-hydrogen) atoms. The molecule has 3 atom stereocenters. The van der Waals surface area contributed by atoms with Gasteiger partial charge in [0, 0.05) is 35.4 Å². The number of fused-ring (bicyclic) bond motifs is 1. The number of nitrogens with zero attached hydrogens (tertiary/aromatic N) is 1. The van der Waals surface area contributed by atoms with Crippen LogP contribution < -0.4 is 0 Å². The summed E-state index contributed by atoms with van der Waals surface area (Å²) in [4.78, 5) is 30.5. The van der Waals surface area contributed by atoms with Crippen LogP contribution in [0.4, 0.5) is 0 Å². The summed E-state index contributed by atoms with van der Waals surface area (Å²) in [6.45, 7) is 2.77. The fourth-order valence-corrected chi connectivity index (χ4v) is 4.56. The summed E-state index contributed by atoms with van der Waals surface area (Å²) >= 11 is 6.06. The molecule has 4 rings (SSSR count). The lowest BCUT2D eigenvalue weighted by Crippen LogP contribution is -2.39. The predicted molar refractivity (Wildman–Crippen MR) is 107 cm³/mol. The van der Waals surface area contributed by atoms with Gasteiger partial charge in [-0.15, -0.1) is 0 Å². The van der Waals surface area contributed by atoms with Crippen LogP contribution in [-0.4, -0.2) is 36.8 Å². The molecule has 1 aliphatic carbocycles. The number of Topliss-reactive ketones (excluding diaryl/α,β-unsaturated/α-hetero) is 1. The Hall–Kier alpha value is -1.98. The Balaban J connectivity index is 1.68. The zero-order valence-corrected chi connectivity index (χ0v) is 16.7. The zero-order chi connectivity index (χ0) is 19.7. The van der Waals surface area contributed by atoms with E-state index in [2.05, 4.69) is 4.99 Å². The number of ketones is 1. The molecule has 0 radical (unpaired) electrons. The quantitative estimate of drug-likeness (QED) is 0.707. The Bertz CT molecular complexity index is 837. The van der Waals surface area contributed by atoms with Gasteiger partial charge in [0.2, 0.25) is 0 Å². The van der Waals surface area contributed by atoms with Gasteiger partial charge >= 0.3 is 5.97 Å². The lowest BCUT2D eigenvalue weighted by atomic mass is 9.69. The van der Waals surface area contributed by atoms with Crippen LogP contribution in [0.1, 0.15) is 50.5 Å². The molecular formula is C22H24ClNO4. The maximum absolute atomic E-state index is 13.1. The third kappa shape index (κ3) is 3.78. The van der Waals surface area contributed by atoms with Crippen LogP contribution in [-0.2, 0) is 19.1 Å². The minimum absolute atomic E-state index is 0.0437. The van der Waals surface area contributed by atoms with E-state index in [1.165, 1.54) is 0 Å². The number of ether oxygens (including phenoxy) is 2. The van der Waals surface area contributed by atoms with E-state index in [9.17, 15) is 9.59 Å². The van der Waals surface area contributed by atoms with E-state index in [-0.39, 0.29) is 24.4 Å². The second-order valence-electron chi connectivity index (χ2n) is 7.66. The highest BCUT2D eigenvalue weighted by molar-refractivity contribution is 6.30. The molecule has 0 N–H and O–H groups in total. The summed E-state index contributed by atoms with van der Waals surface area (Å²) < 4.78 is 11.2. The van der Waals surface area contributed by atoms with Crippen molar-refractivity contribution >= 4 is 29.1 Å². The zero-order valence-electron chi connectivity index (χ0n) is 15.9. The number of halogens is 1. The van der Waals surface area contributed by atoms with Crippen LogP contribution in [0.15, 0.2) is 40.5 Å². The maximum atomic E-state index is 13.1. The maximum Gasteiger partial charge on any atom is 0.336 e. The van der Waals surface area contributed by atoms with Gasteiger partial charge in [-0.05, 0) is 50.3 Å². The number of benzene rings is 1. The topological polar surface area (TPSA) is 65.0 Å². The minimum atomic E-state index is -0.408. The van der Waals surface area contributed by atoms with Gasteiger partial charge in [0.05, 0.1) is 17.6 Å². The minimum Gasteiger partial charge on any atom is -0.460 e. The lowest BCUT2D eigenvalue weighted by Gasteiger charge is -2.35. The summed E-state index contributed by atoms with van der Waals surface area (Å²) in [7, 11) is 0. The molecule has 2 fully saturated rings. The molecule has 0 spiro atoms. The number of rotatable bonds is 4. The van der Waals surface area contributed by atoms with Gasteiger partial charge in [-0.1, -0.05) is 23.7 Å². The summed E-state index contributed by atoms with van der Waals surface area (Å²) in [5, 5.41) is 0.617. The van der Waals surface area contributed by atoms with E-state index >= 15 is 0 Å². The fraction of sp³-hybridized carbons (Fsp3) is 0.500. The molecule has 6 heteroatoms. The molecule has 1 saturated heterocycles. The van der Waals surface area contributed by atoms with E-state index < -0.39 is 11.9 Å². The summed E-state index contributed by atoms with van der Waals surface area (Å²) in [5.41, 5.74) is 2.88. The van der Waals surface area contributed by atoms with Gasteiger partial charge in [0.1, 0.15) is 12.4 Å². The number of carbonyl (C=O) groups is 2. The van der Waals surface area contributed by atoms with Crippen molar-refractivity contribution in [2.45, 2.75) is 51.0 Å². The first-order chi connectivity index (χ1) is 13.5. The second-order valence-corrected chi connectivity index (χ2v) is 8.10. The van der Waals surface area contributed by atoms with Gasteiger partial charge < -0.3 is 9.47 Å². The van der Waals surface area contributed by atoms with Crippen molar-refractivity contribution in [2.75, 3.05) is 13.2 Å². The molecular weight excluding hydrogens is 378 g/mol. The van der Waals surface area contributed by atoms with Gasteiger partial charge in [0.25, 0.3) is 0 Å². The molecule has 0 unspecified atom stereocenters. The van der Waals surface area contributed by atoms with Gasteiger partial charge in [-0.25, -0.2) is 4.79 Å². The Morgan fingerprint density at radius 3 is 2.71 bits per heavy atom. The monoisotopic (exact) mass is 401 g/mol. The highest BCUT2D eigenvalue weighted by Crippen LogP contribution is 2.43. The number of hydrogen-bond donors (Lipinski definition) is 0. The van der Waals surface area contributed by atoms with Crippen LogP contribution >= 0.6 is 11.6 Å². The molecule has 5 nitrogen and oxygen atoms in total. The standard InChI is InChI=1S/C22H24ClNO4/c1-13-19(22(26)28-12-16-4-3-11-27-16)20(14-7-9-15(23)10-8-14)21-17(24-13)5-2-6-18(21)25/h7-10,16,20-21H,2-6,11-12H2,1H3/t16-,20+,21-/m0/s1. The largest absolute Gasteiger partial charge is 0.460 e. The predicted octanol–water partition coefficient (Wildman–Crippen LogP) is 4.24. The Labute approximate surface area is 169 Å². The second kappa shape index (κ2) is 8.18. The summed E-state index contributed by atoms with van der Waals surface area (Å²) in [6.07, 6.45) is 3.96. The number of esters is 1. The van der Waals surface area contributed by atoms with Crippen molar-refractivity contribution in [3.63, 3.8) is 0 Å². The molecule has 148 valence electrons. The van der Waals surface area contributed by atoms with Crippen molar-refractivity contribution in [3.8, 4) is 0 Å².